The summed E-state index contributed by atoms with van der Waals surface area (Å²) < 4.78 is 0. The minimum absolute atomic E-state index is 0.0437. The zero-order valence-electron chi connectivity index (χ0n) is 20.1. The fourth-order valence-corrected chi connectivity index (χ4v) is 4.08. The average molecular weight is 438 g/mol. The first-order chi connectivity index (χ1) is 15.7. The Balaban J connectivity index is 1.44. The number of phenolic OH excluding ortho intramolecular Hbond substituents is 1. The number of allylic oxidation sites excluding steroid dienone is 2. The summed E-state index contributed by atoms with van der Waals surface area (Å²) >= 11 is 0. The molecule has 2 rings (SSSR count). The molecular formula is C29H43NO2. The lowest BCUT2D eigenvalue weighted by Crippen LogP contribution is -2.24. The van der Waals surface area contributed by atoms with Crippen LogP contribution >= 0.6 is 0 Å². The van der Waals surface area contributed by atoms with Crippen LogP contribution in [0.25, 0.3) is 10.8 Å². The van der Waals surface area contributed by atoms with Crippen molar-refractivity contribution in [3.63, 3.8) is 0 Å². The van der Waals surface area contributed by atoms with Crippen molar-refractivity contribution in [2.75, 3.05) is 6.54 Å². The first-order valence-electron chi connectivity index (χ1n) is 12.9. The molecule has 0 fully saturated rings. The zero-order chi connectivity index (χ0) is 22.9. The Morgan fingerprint density at radius 1 is 0.781 bits per heavy atom. The second-order valence-corrected chi connectivity index (χ2v) is 8.91. The van der Waals surface area contributed by atoms with Crippen LogP contribution < -0.4 is 5.32 Å². The van der Waals surface area contributed by atoms with E-state index in [0.29, 0.717) is 12.1 Å². The standard InChI is InChI=1S/C29H43NO2/c1-2-3-4-5-6-7-8-9-10-11-12-13-14-15-16-19-22-30-29(32)27-23-25-20-17-18-21-26(25)24-28(27)31/h9-10,17-18,20-21,23-24,31H,2-8,11-16,19,22H2,1H3,(H,30,32). The van der Waals surface area contributed by atoms with Crippen LogP contribution in [0.2, 0.25) is 0 Å². The van der Waals surface area contributed by atoms with Gasteiger partial charge in [0, 0.05) is 6.54 Å². The average Bonchev–Trinajstić information content (AvgIpc) is 2.80. The molecule has 0 aliphatic carbocycles. The van der Waals surface area contributed by atoms with E-state index in [1.54, 1.807) is 12.1 Å². The van der Waals surface area contributed by atoms with E-state index in [0.717, 1.165) is 23.6 Å². The third kappa shape index (κ3) is 10.3. The highest BCUT2D eigenvalue weighted by atomic mass is 16.3. The number of rotatable bonds is 17. The third-order valence-corrected chi connectivity index (χ3v) is 6.08. The van der Waals surface area contributed by atoms with Crippen molar-refractivity contribution in [1.29, 1.82) is 0 Å². The summed E-state index contributed by atoms with van der Waals surface area (Å²) in [4.78, 5) is 12.4. The smallest absolute Gasteiger partial charge is 0.255 e. The van der Waals surface area contributed by atoms with Crippen molar-refractivity contribution in [1.82, 2.24) is 5.32 Å². The van der Waals surface area contributed by atoms with Gasteiger partial charge in [-0.05, 0) is 55.0 Å². The monoisotopic (exact) mass is 437 g/mol. The number of hydrogen-bond donors (Lipinski definition) is 2. The molecule has 0 radical (unpaired) electrons. The Morgan fingerprint density at radius 2 is 1.31 bits per heavy atom. The van der Waals surface area contributed by atoms with Crippen LogP contribution in [0.15, 0.2) is 48.6 Å². The van der Waals surface area contributed by atoms with Crippen molar-refractivity contribution in [3.05, 3.63) is 54.1 Å². The quantitative estimate of drug-likeness (QED) is 0.193. The van der Waals surface area contributed by atoms with E-state index in [1.807, 2.05) is 24.3 Å². The molecule has 0 atom stereocenters. The number of carbonyl (C=O) groups excluding carboxylic acids is 1. The first-order valence-corrected chi connectivity index (χ1v) is 12.9. The molecule has 0 unspecified atom stereocenters. The van der Waals surface area contributed by atoms with Crippen molar-refractivity contribution < 1.29 is 9.90 Å². The molecule has 0 aliphatic rings. The molecule has 176 valence electrons. The van der Waals surface area contributed by atoms with E-state index in [-0.39, 0.29) is 11.7 Å². The summed E-state index contributed by atoms with van der Waals surface area (Å²) in [5.41, 5.74) is 0.355. The Kier molecular flexibility index (Phi) is 13.3. The van der Waals surface area contributed by atoms with Gasteiger partial charge in [0.25, 0.3) is 5.91 Å². The molecule has 2 N–H and O–H groups in total. The second-order valence-electron chi connectivity index (χ2n) is 8.91. The number of carbonyl (C=O) groups is 1. The van der Waals surface area contributed by atoms with Crippen molar-refractivity contribution in [2.24, 2.45) is 0 Å². The summed E-state index contributed by atoms with van der Waals surface area (Å²) in [5, 5.41) is 15.0. The fraction of sp³-hybridized carbons (Fsp3) is 0.552. The molecule has 0 aliphatic heterocycles. The lowest BCUT2D eigenvalue weighted by atomic mass is 10.1. The van der Waals surface area contributed by atoms with Crippen LogP contribution in [-0.4, -0.2) is 17.6 Å². The third-order valence-electron chi connectivity index (χ3n) is 6.08. The van der Waals surface area contributed by atoms with Crippen LogP contribution in [0.3, 0.4) is 0 Å². The molecular weight excluding hydrogens is 394 g/mol. The first kappa shape index (κ1) is 26.0. The summed E-state index contributed by atoms with van der Waals surface area (Å²) in [5.74, 6) is -0.150. The van der Waals surface area contributed by atoms with Crippen LogP contribution in [0.5, 0.6) is 5.75 Å². The molecule has 2 aromatic carbocycles. The van der Waals surface area contributed by atoms with Crippen molar-refractivity contribution in [2.45, 2.75) is 96.8 Å². The molecule has 1 amide bonds. The maximum absolute atomic E-state index is 12.4. The number of hydrogen-bond acceptors (Lipinski definition) is 2. The molecule has 0 saturated heterocycles. The Morgan fingerprint density at radius 3 is 1.94 bits per heavy atom. The van der Waals surface area contributed by atoms with Crippen LogP contribution in [-0.2, 0) is 0 Å². The van der Waals surface area contributed by atoms with Gasteiger partial charge in [0.1, 0.15) is 5.75 Å². The lowest BCUT2D eigenvalue weighted by Gasteiger charge is -2.08. The molecule has 0 heterocycles. The Hall–Kier alpha value is -2.29. The van der Waals surface area contributed by atoms with Gasteiger partial charge < -0.3 is 10.4 Å². The summed E-state index contributed by atoms with van der Waals surface area (Å²) in [7, 11) is 0. The van der Waals surface area contributed by atoms with Crippen LogP contribution in [0.1, 0.15) is 107 Å². The minimum atomic E-state index is -0.194. The SMILES string of the molecule is CCCCCCCCC=CCCCCCCCCNC(=O)c1cc2ccccc2cc1O. The highest BCUT2D eigenvalue weighted by Gasteiger charge is 2.11. The van der Waals surface area contributed by atoms with E-state index in [4.69, 9.17) is 0 Å². The van der Waals surface area contributed by atoms with E-state index in [1.165, 1.54) is 77.0 Å². The van der Waals surface area contributed by atoms with Crippen LogP contribution in [0, 0.1) is 0 Å². The molecule has 2 aromatic rings. The predicted molar refractivity (Wildman–Crippen MR) is 137 cm³/mol. The largest absolute Gasteiger partial charge is 0.507 e. The van der Waals surface area contributed by atoms with Gasteiger partial charge in [0.15, 0.2) is 0 Å². The van der Waals surface area contributed by atoms with Gasteiger partial charge >= 0.3 is 0 Å². The molecule has 0 aromatic heterocycles. The van der Waals surface area contributed by atoms with Crippen LogP contribution in [0.4, 0.5) is 0 Å². The Bertz CT molecular complexity index is 812. The van der Waals surface area contributed by atoms with E-state index in [9.17, 15) is 9.90 Å². The number of aromatic hydroxyl groups is 1. The fourth-order valence-electron chi connectivity index (χ4n) is 4.08. The maximum atomic E-state index is 12.4. The maximum Gasteiger partial charge on any atom is 0.255 e. The van der Waals surface area contributed by atoms with E-state index < -0.39 is 0 Å². The number of unbranched alkanes of at least 4 members (excludes halogenated alkanes) is 12. The van der Waals surface area contributed by atoms with Gasteiger partial charge in [0.2, 0.25) is 0 Å². The van der Waals surface area contributed by atoms with Crippen molar-refractivity contribution in [3.8, 4) is 5.75 Å². The predicted octanol–water partition coefficient (Wildman–Crippen LogP) is 8.31. The van der Waals surface area contributed by atoms with Gasteiger partial charge in [-0.3, -0.25) is 4.79 Å². The number of phenols is 1. The van der Waals surface area contributed by atoms with Gasteiger partial charge in [0.05, 0.1) is 5.56 Å². The number of fused-ring (bicyclic) bond motifs is 1. The van der Waals surface area contributed by atoms with Gasteiger partial charge in [-0.15, -0.1) is 0 Å². The lowest BCUT2D eigenvalue weighted by molar-refractivity contribution is 0.0950. The molecule has 32 heavy (non-hydrogen) atoms. The molecule has 0 saturated carbocycles. The van der Waals surface area contributed by atoms with E-state index in [2.05, 4.69) is 24.4 Å². The molecule has 0 spiro atoms. The molecule has 0 bridgehead atoms. The van der Waals surface area contributed by atoms with Gasteiger partial charge in [-0.1, -0.05) is 101 Å². The highest BCUT2D eigenvalue weighted by molar-refractivity contribution is 6.01. The molecule has 3 nitrogen and oxygen atoms in total. The van der Waals surface area contributed by atoms with E-state index >= 15 is 0 Å². The Labute approximate surface area is 195 Å². The van der Waals surface area contributed by atoms with Gasteiger partial charge in [-0.25, -0.2) is 0 Å². The number of nitrogens with one attached hydrogen (secondary N) is 1. The molecule has 3 heteroatoms. The summed E-state index contributed by atoms with van der Waals surface area (Å²) in [6.45, 7) is 2.93. The summed E-state index contributed by atoms with van der Waals surface area (Å²) in [6.07, 6.45) is 22.6. The number of benzene rings is 2. The topological polar surface area (TPSA) is 49.3 Å². The summed E-state index contributed by atoms with van der Waals surface area (Å²) in [6, 6.07) is 11.2. The number of amides is 1. The minimum Gasteiger partial charge on any atom is -0.507 e. The highest BCUT2D eigenvalue weighted by Crippen LogP contribution is 2.24. The van der Waals surface area contributed by atoms with Crippen molar-refractivity contribution >= 4 is 16.7 Å². The normalized spacial score (nSPS) is 11.4. The zero-order valence-corrected chi connectivity index (χ0v) is 20.1. The van der Waals surface area contributed by atoms with Gasteiger partial charge in [-0.2, -0.15) is 0 Å². The second kappa shape index (κ2) is 16.4.